The van der Waals surface area contributed by atoms with Crippen molar-refractivity contribution in [1.82, 2.24) is 10.6 Å². The molecule has 0 fully saturated rings. The van der Waals surface area contributed by atoms with E-state index in [1.165, 1.54) is 6.08 Å². The number of amides is 2. The van der Waals surface area contributed by atoms with E-state index in [-0.39, 0.29) is 18.0 Å². The van der Waals surface area contributed by atoms with Gasteiger partial charge in [-0.1, -0.05) is 59.6 Å². The van der Waals surface area contributed by atoms with Gasteiger partial charge in [-0.3, -0.25) is 9.59 Å². The summed E-state index contributed by atoms with van der Waals surface area (Å²) in [6.07, 6.45) is 1.59. The van der Waals surface area contributed by atoms with E-state index >= 15 is 0 Å². The SMILES string of the molecule is CC(C)C[C@@H](NC(=O)/C(=C/c1ccccc1Cl)NC(=O)c1ccc(Br)cc1)C(=O)[O-]. The Morgan fingerprint density at radius 2 is 1.73 bits per heavy atom. The quantitative estimate of drug-likeness (QED) is 0.553. The summed E-state index contributed by atoms with van der Waals surface area (Å²) in [5.74, 6) is -2.66. The molecule has 0 heterocycles. The molecule has 0 spiro atoms. The van der Waals surface area contributed by atoms with Crippen LogP contribution in [-0.4, -0.2) is 23.8 Å². The van der Waals surface area contributed by atoms with Crippen molar-refractivity contribution in [1.29, 1.82) is 0 Å². The zero-order valence-electron chi connectivity index (χ0n) is 16.4. The van der Waals surface area contributed by atoms with Crippen molar-refractivity contribution in [2.45, 2.75) is 26.3 Å². The van der Waals surface area contributed by atoms with Gasteiger partial charge in [0.15, 0.2) is 0 Å². The first kappa shape index (κ1) is 23.6. The Bertz CT molecular complexity index is 958. The predicted octanol–water partition coefficient (Wildman–Crippen LogP) is 3.15. The van der Waals surface area contributed by atoms with Crippen molar-refractivity contribution in [3.63, 3.8) is 0 Å². The number of benzene rings is 2. The summed E-state index contributed by atoms with van der Waals surface area (Å²) in [4.78, 5) is 36.9. The van der Waals surface area contributed by atoms with Crippen LogP contribution in [0, 0.1) is 5.92 Å². The van der Waals surface area contributed by atoms with Crippen LogP contribution in [0.15, 0.2) is 58.7 Å². The molecule has 0 aliphatic rings. The Hall–Kier alpha value is -2.64. The van der Waals surface area contributed by atoms with Gasteiger partial charge in [-0.25, -0.2) is 0 Å². The van der Waals surface area contributed by atoms with Gasteiger partial charge in [0.2, 0.25) is 0 Å². The molecule has 2 N–H and O–H groups in total. The van der Waals surface area contributed by atoms with E-state index in [4.69, 9.17) is 11.6 Å². The minimum absolute atomic E-state index is 0.0153. The summed E-state index contributed by atoms with van der Waals surface area (Å²) in [5, 5.41) is 16.8. The van der Waals surface area contributed by atoms with Gasteiger partial charge in [0.1, 0.15) is 5.70 Å². The smallest absolute Gasteiger partial charge is 0.268 e. The second-order valence-electron chi connectivity index (χ2n) is 7.02. The maximum absolute atomic E-state index is 12.8. The van der Waals surface area contributed by atoms with Crippen molar-refractivity contribution in [2.75, 3.05) is 0 Å². The van der Waals surface area contributed by atoms with Gasteiger partial charge in [0, 0.05) is 15.1 Å². The van der Waals surface area contributed by atoms with E-state index in [1.807, 2.05) is 13.8 Å². The van der Waals surface area contributed by atoms with E-state index in [2.05, 4.69) is 26.6 Å². The normalized spacial score (nSPS) is 12.4. The molecular formula is C22H21BrClN2O4-. The Morgan fingerprint density at radius 3 is 2.30 bits per heavy atom. The van der Waals surface area contributed by atoms with Gasteiger partial charge in [-0.2, -0.15) is 0 Å². The molecule has 0 bridgehead atoms. The van der Waals surface area contributed by atoms with Gasteiger partial charge in [-0.05, 0) is 54.3 Å². The largest absolute Gasteiger partial charge is 0.548 e. The molecule has 2 rings (SSSR count). The Balaban J connectivity index is 2.34. The molecule has 0 unspecified atom stereocenters. The molecule has 0 saturated carbocycles. The van der Waals surface area contributed by atoms with Crippen LogP contribution in [0.3, 0.4) is 0 Å². The maximum atomic E-state index is 12.8. The summed E-state index contributed by atoms with van der Waals surface area (Å²) < 4.78 is 0.800. The summed E-state index contributed by atoms with van der Waals surface area (Å²) in [7, 11) is 0. The van der Waals surface area contributed by atoms with Crippen molar-refractivity contribution in [3.05, 3.63) is 74.9 Å². The highest BCUT2D eigenvalue weighted by atomic mass is 79.9. The first-order valence-corrected chi connectivity index (χ1v) is 10.4. The fraction of sp³-hybridized carbons (Fsp3) is 0.227. The van der Waals surface area contributed by atoms with Crippen LogP contribution < -0.4 is 15.7 Å². The number of carboxylic acids is 1. The Morgan fingerprint density at radius 1 is 1.10 bits per heavy atom. The minimum Gasteiger partial charge on any atom is -0.548 e. The number of hydrogen-bond donors (Lipinski definition) is 2. The van der Waals surface area contributed by atoms with E-state index < -0.39 is 23.8 Å². The fourth-order valence-corrected chi connectivity index (χ4v) is 3.08. The van der Waals surface area contributed by atoms with Crippen LogP contribution >= 0.6 is 27.5 Å². The third kappa shape index (κ3) is 7.00. The number of carbonyl (C=O) groups is 3. The van der Waals surface area contributed by atoms with Crippen molar-refractivity contribution < 1.29 is 19.5 Å². The lowest BCUT2D eigenvalue weighted by Crippen LogP contribution is -2.50. The molecule has 30 heavy (non-hydrogen) atoms. The standard InChI is InChI=1S/C22H22BrClN2O4/c1-13(2)11-19(22(29)30)26-21(28)18(12-15-5-3-4-6-17(15)24)25-20(27)14-7-9-16(23)10-8-14/h3-10,12-13,19H,11H2,1-2H3,(H,25,27)(H,26,28)(H,29,30)/p-1/b18-12-/t19-/m1/s1. The zero-order chi connectivity index (χ0) is 22.3. The van der Waals surface area contributed by atoms with Gasteiger partial charge in [-0.15, -0.1) is 0 Å². The van der Waals surface area contributed by atoms with E-state index in [1.54, 1.807) is 48.5 Å². The van der Waals surface area contributed by atoms with Crippen LogP contribution in [0.25, 0.3) is 6.08 Å². The number of carboxylic acid groups (broad SMARTS) is 1. The first-order valence-electron chi connectivity index (χ1n) is 9.22. The summed E-state index contributed by atoms with van der Waals surface area (Å²) >= 11 is 9.47. The second-order valence-corrected chi connectivity index (χ2v) is 8.34. The maximum Gasteiger partial charge on any atom is 0.268 e. The lowest BCUT2D eigenvalue weighted by molar-refractivity contribution is -0.308. The zero-order valence-corrected chi connectivity index (χ0v) is 18.8. The van der Waals surface area contributed by atoms with Gasteiger partial charge in [0.05, 0.1) is 12.0 Å². The molecular weight excluding hydrogens is 472 g/mol. The molecule has 6 nitrogen and oxygen atoms in total. The van der Waals surface area contributed by atoms with Crippen molar-refractivity contribution >= 4 is 51.4 Å². The molecule has 158 valence electrons. The molecule has 0 aromatic heterocycles. The van der Waals surface area contributed by atoms with E-state index in [0.717, 1.165) is 4.47 Å². The lowest BCUT2D eigenvalue weighted by atomic mass is 10.0. The Labute approximate surface area is 188 Å². The third-order valence-electron chi connectivity index (χ3n) is 4.10. The van der Waals surface area contributed by atoms with E-state index in [0.29, 0.717) is 16.1 Å². The van der Waals surface area contributed by atoms with Crippen molar-refractivity contribution in [2.24, 2.45) is 5.92 Å². The fourth-order valence-electron chi connectivity index (χ4n) is 2.62. The van der Waals surface area contributed by atoms with Crippen LogP contribution in [0.1, 0.15) is 36.2 Å². The van der Waals surface area contributed by atoms with Gasteiger partial charge in [0.25, 0.3) is 11.8 Å². The second kappa shape index (κ2) is 10.9. The highest BCUT2D eigenvalue weighted by Gasteiger charge is 2.20. The lowest BCUT2D eigenvalue weighted by Gasteiger charge is -2.22. The number of rotatable bonds is 8. The van der Waals surface area contributed by atoms with Gasteiger partial charge >= 0.3 is 0 Å². The number of carbonyl (C=O) groups excluding carboxylic acids is 3. The number of hydrogen-bond acceptors (Lipinski definition) is 4. The molecule has 2 aromatic carbocycles. The van der Waals surface area contributed by atoms with E-state index in [9.17, 15) is 19.5 Å². The molecule has 8 heteroatoms. The number of aliphatic carboxylic acids is 1. The summed E-state index contributed by atoms with van der Waals surface area (Å²) in [6.45, 7) is 3.66. The van der Waals surface area contributed by atoms with Crippen LogP contribution in [0.2, 0.25) is 5.02 Å². The molecule has 0 radical (unpaired) electrons. The predicted molar refractivity (Wildman–Crippen MR) is 117 cm³/mol. The number of halogens is 2. The third-order valence-corrected chi connectivity index (χ3v) is 4.97. The average molecular weight is 493 g/mol. The average Bonchev–Trinajstić information content (AvgIpc) is 2.68. The molecule has 2 aromatic rings. The molecule has 0 saturated heterocycles. The van der Waals surface area contributed by atoms with Crippen LogP contribution in [0.4, 0.5) is 0 Å². The monoisotopic (exact) mass is 491 g/mol. The Kier molecular flexibility index (Phi) is 8.62. The van der Waals surface area contributed by atoms with Gasteiger partial charge < -0.3 is 20.5 Å². The van der Waals surface area contributed by atoms with Crippen molar-refractivity contribution in [3.8, 4) is 0 Å². The molecule has 0 aliphatic carbocycles. The molecule has 2 amide bonds. The molecule has 1 atom stereocenters. The first-order chi connectivity index (χ1) is 14.2. The molecule has 0 aliphatic heterocycles. The minimum atomic E-state index is -1.40. The van der Waals surface area contributed by atoms with Crippen LogP contribution in [-0.2, 0) is 9.59 Å². The summed E-state index contributed by atoms with van der Waals surface area (Å²) in [6, 6.07) is 12.1. The summed E-state index contributed by atoms with van der Waals surface area (Å²) in [5.41, 5.74) is 0.690. The highest BCUT2D eigenvalue weighted by Crippen LogP contribution is 2.18. The topological polar surface area (TPSA) is 98.3 Å². The highest BCUT2D eigenvalue weighted by molar-refractivity contribution is 9.10. The number of nitrogens with one attached hydrogen (secondary N) is 2. The van der Waals surface area contributed by atoms with Crippen LogP contribution in [0.5, 0.6) is 0 Å².